The van der Waals surface area contributed by atoms with E-state index in [0.29, 0.717) is 12.5 Å². The number of para-hydroxylation sites is 1. The molecule has 0 bridgehead atoms. The fraction of sp³-hybridized carbons (Fsp3) is 0.350. The molecular formula is C20H26N2O. The molecule has 0 fully saturated rings. The molecule has 0 spiro atoms. The smallest absolute Gasteiger partial charge is 0.238 e. The van der Waals surface area contributed by atoms with Crippen LogP contribution in [-0.2, 0) is 4.79 Å². The van der Waals surface area contributed by atoms with E-state index in [1.165, 1.54) is 5.56 Å². The van der Waals surface area contributed by atoms with E-state index in [2.05, 4.69) is 36.6 Å². The van der Waals surface area contributed by atoms with Crippen molar-refractivity contribution < 1.29 is 4.79 Å². The lowest BCUT2D eigenvalue weighted by Gasteiger charge is -2.23. The lowest BCUT2D eigenvalue weighted by atomic mass is 9.96. The fourth-order valence-electron chi connectivity index (χ4n) is 2.80. The summed E-state index contributed by atoms with van der Waals surface area (Å²) in [5.41, 5.74) is 4.30. The van der Waals surface area contributed by atoms with Crippen LogP contribution in [0.15, 0.2) is 48.5 Å². The van der Waals surface area contributed by atoms with Gasteiger partial charge in [-0.3, -0.25) is 4.79 Å². The summed E-state index contributed by atoms with van der Waals surface area (Å²) >= 11 is 0. The van der Waals surface area contributed by atoms with Gasteiger partial charge in [0.25, 0.3) is 0 Å². The molecule has 0 aliphatic carbocycles. The molecule has 23 heavy (non-hydrogen) atoms. The van der Waals surface area contributed by atoms with Crippen LogP contribution in [0.1, 0.15) is 36.6 Å². The first-order valence-electron chi connectivity index (χ1n) is 8.13. The standard InChI is InChI=1S/C20H26N2O/c1-14(2)19(17-11-6-5-7-12-17)21-13-18(23)22-20-15(3)9-8-10-16(20)4/h5-12,14,19,21H,13H2,1-4H3,(H,22,23)/t19-/m1/s1. The molecule has 2 aromatic rings. The number of rotatable bonds is 6. The molecule has 122 valence electrons. The maximum absolute atomic E-state index is 12.3. The first-order chi connectivity index (χ1) is 11.0. The van der Waals surface area contributed by atoms with Gasteiger partial charge in [0.15, 0.2) is 0 Å². The zero-order valence-electron chi connectivity index (χ0n) is 14.4. The molecule has 0 saturated heterocycles. The Hall–Kier alpha value is -2.13. The van der Waals surface area contributed by atoms with Gasteiger partial charge in [-0.15, -0.1) is 0 Å². The minimum Gasteiger partial charge on any atom is -0.324 e. The summed E-state index contributed by atoms with van der Waals surface area (Å²) in [6.45, 7) is 8.64. The number of benzene rings is 2. The van der Waals surface area contributed by atoms with Crippen molar-refractivity contribution in [3.8, 4) is 0 Å². The highest BCUT2D eigenvalue weighted by Gasteiger charge is 2.16. The van der Waals surface area contributed by atoms with Crippen LogP contribution in [0.5, 0.6) is 0 Å². The zero-order chi connectivity index (χ0) is 16.8. The highest BCUT2D eigenvalue weighted by molar-refractivity contribution is 5.93. The van der Waals surface area contributed by atoms with Gasteiger partial charge >= 0.3 is 0 Å². The van der Waals surface area contributed by atoms with E-state index in [-0.39, 0.29) is 11.9 Å². The van der Waals surface area contributed by atoms with Crippen molar-refractivity contribution in [1.29, 1.82) is 0 Å². The third kappa shape index (κ3) is 4.67. The summed E-state index contributed by atoms with van der Waals surface area (Å²) in [5, 5.41) is 6.41. The van der Waals surface area contributed by atoms with Crippen LogP contribution < -0.4 is 10.6 Å². The minimum atomic E-state index is -0.0102. The molecule has 0 saturated carbocycles. The van der Waals surface area contributed by atoms with E-state index in [1.54, 1.807) is 0 Å². The van der Waals surface area contributed by atoms with Gasteiger partial charge in [-0.2, -0.15) is 0 Å². The summed E-state index contributed by atoms with van der Waals surface area (Å²) in [4.78, 5) is 12.3. The van der Waals surface area contributed by atoms with Crippen LogP contribution in [0.3, 0.4) is 0 Å². The van der Waals surface area contributed by atoms with Gasteiger partial charge in [-0.1, -0.05) is 62.4 Å². The van der Waals surface area contributed by atoms with Crippen molar-refractivity contribution >= 4 is 11.6 Å². The van der Waals surface area contributed by atoms with E-state index in [4.69, 9.17) is 0 Å². The first kappa shape index (κ1) is 17.2. The van der Waals surface area contributed by atoms with Crippen LogP contribution in [0.25, 0.3) is 0 Å². The van der Waals surface area contributed by atoms with E-state index in [0.717, 1.165) is 16.8 Å². The molecular weight excluding hydrogens is 284 g/mol. The second kappa shape index (κ2) is 7.93. The second-order valence-electron chi connectivity index (χ2n) is 6.33. The number of aryl methyl sites for hydroxylation is 2. The molecule has 3 nitrogen and oxygen atoms in total. The number of hydrogen-bond acceptors (Lipinski definition) is 2. The quantitative estimate of drug-likeness (QED) is 0.838. The Morgan fingerprint density at radius 1 is 0.957 bits per heavy atom. The molecule has 1 atom stereocenters. The molecule has 0 aliphatic rings. The van der Waals surface area contributed by atoms with Crippen LogP contribution in [0.2, 0.25) is 0 Å². The average molecular weight is 310 g/mol. The van der Waals surface area contributed by atoms with Gasteiger partial charge in [0.2, 0.25) is 5.91 Å². The fourth-order valence-corrected chi connectivity index (χ4v) is 2.80. The molecule has 1 amide bonds. The van der Waals surface area contributed by atoms with Gasteiger partial charge in [0.05, 0.1) is 6.54 Å². The summed E-state index contributed by atoms with van der Waals surface area (Å²) in [6.07, 6.45) is 0. The molecule has 0 heterocycles. The highest BCUT2D eigenvalue weighted by Crippen LogP contribution is 2.22. The summed E-state index contributed by atoms with van der Waals surface area (Å²) in [7, 11) is 0. The average Bonchev–Trinajstić information content (AvgIpc) is 2.52. The third-order valence-corrected chi connectivity index (χ3v) is 4.05. The monoisotopic (exact) mass is 310 g/mol. The van der Waals surface area contributed by atoms with Gasteiger partial charge in [-0.05, 0) is 36.5 Å². The van der Waals surface area contributed by atoms with Crippen LogP contribution in [0.4, 0.5) is 5.69 Å². The van der Waals surface area contributed by atoms with E-state index < -0.39 is 0 Å². The third-order valence-electron chi connectivity index (χ3n) is 4.05. The summed E-state index contributed by atoms with van der Waals surface area (Å²) < 4.78 is 0. The molecule has 0 aliphatic heterocycles. The van der Waals surface area contributed by atoms with Crippen LogP contribution in [0, 0.1) is 19.8 Å². The molecule has 3 heteroatoms. The lowest BCUT2D eigenvalue weighted by Crippen LogP contribution is -2.33. The SMILES string of the molecule is Cc1cccc(C)c1NC(=O)CN[C@@H](c1ccccc1)C(C)C. The van der Waals surface area contributed by atoms with Crippen LogP contribution in [-0.4, -0.2) is 12.5 Å². The second-order valence-corrected chi connectivity index (χ2v) is 6.33. The van der Waals surface area contributed by atoms with Gasteiger partial charge in [0, 0.05) is 11.7 Å². The van der Waals surface area contributed by atoms with Gasteiger partial charge < -0.3 is 10.6 Å². The van der Waals surface area contributed by atoms with Crippen molar-refractivity contribution in [2.45, 2.75) is 33.7 Å². The zero-order valence-corrected chi connectivity index (χ0v) is 14.4. The number of anilines is 1. The normalized spacial score (nSPS) is 12.2. The number of hydrogen-bond donors (Lipinski definition) is 2. The number of amides is 1. The van der Waals surface area contributed by atoms with E-state index >= 15 is 0 Å². The van der Waals surface area contributed by atoms with Crippen molar-refractivity contribution in [3.63, 3.8) is 0 Å². The Kier molecular flexibility index (Phi) is 5.94. The Bertz CT molecular complexity index is 630. The Labute approximate surface area is 139 Å². The molecule has 2 N–H and O–H groups in total. The van der Waals surface area contributed by atoms with Crippen molar-refractivity contribution in [2.75, 3.05) is 11.9 Å². The topological polar surface area (TPSA) is 41.1 Å². The maximum atomic E-state index is 12.3. The van der Waals surface area contributed by atoms with E-state index in [9.17, 15) is 4.79 Å². The molecule has 2 aromatic carbocycles. The predicted molar refractivity (Wildman–Crippen MR) is 96.6 cm³/mol. The van der Waals surface area contributed by atoms with Crippen LogP contribution >= 0.6 is 0 Å². The number of nitrogens with one attached hydrogen (secondary N) is 2. The van der Waals surface area contributed by atoms with Gasteiger partial charge in [-0.25, -0.2) is 0 Å². The number of carbonyl (C=O) groups excluding carboxylic acids is 1. The maximum Gasteiger partial charge on any atom is 0.238 e. The Morgan fingerprint density at radius 3 is 2.13 bits per heavy atom. The minimum absolute atomic E-state index is 0.0102. The summed E-state index contributed by atoms with van der Waals surface area (Å²) in [6, 6.07) is 16.5. The van der Waals surface area contributed by atoms with Crippen molar-refractivity contribution in [1.82, 2.24) is 5.32 Å². The molecule has 0 unspecified atom stereocenters. The van der Waals surface area contributed by atoms with Crippen molar-refractivity contribution in [2.24, 2.45) is 5.92 Å². The molecule has 0 radical (unpaired) electrons. The first-order valence-corrected chi connectivity index (χ1v) is 8.13. The Balaban J connectivity index is 2.00. The molecule has 2 rings (SSSR count). The Morgan fingerprint density at radius 2 is 1.57 bits per heavy atom. The number of carbonyl (C=O) groups is 1. The largest absolute Gasteiger partial charge is 0.324 e. The van der Waals surface area contributed by atoms with Gasteiger partial charge in [0.1, 0.15) is 0 Å². The molecule has 0 aromatic heterocycles. The summed E-state index contributed by atoms with van der Waals surface area (Å²) in [5.74, 6) is 0.398. The lowest BCUT2D eigenvalue weighted by molar-refractivity contribution is -0.115. The highest BCUT2D eigenvalue weighted by atomic mass is 16.1. The van der Waals surface area contributed by atoms with Crippen molar-refractivity contribution in [3.05, 3.63) is 65.2 Å². The predicted octanol–water partition coefficient (Wildman–Crippen LogP) is 4.23. The van der Waals surface area contributed by atoms with E-state index in [1.807, 2.05) is 50.2 Å².